The largest absolute Gasteiger partial charge is 0.368 e. The molecule has 4 heterocycles. The average Bonchev–Trinajstić information content (AvgIpc) is 3.14. The van der Waals surface area contributed by atoms with Crippen molar-refractivity contribution >= 4 is 17.5 Å². The van der Waals surface area contributed by atoms with Crippen molar-refractivity contribution < 1.29 is 0 Å². The van der Waals surface area contributed by atoms with Crippen molar-refractivity contribution in [3.8, 4) is 11.4 Å². The summed E-state index contributed by atoms with van der Waals surface area (Å²) in [6, 6.07) is 4.45. The Balaban J connectivity index is 1.44. The second-order valence-corrected chi connectivity index (χ2v) is 9.71. The molecule has 0 amide bonds. The average molecular weight is 433 g/mol. The molecule has 1 fully saturated rings. The fourth-order valence-electron chi connectivity index (χ4n) is 5.03. The van der Waals surface area contributed by atoms with E-state index in [2.05, 4.69) is 70.8 Å². The zero-order valence-corrected chi connectivity index (χ0v) is 19.6. The Morgan fingerprint density at radius 2 is 1.81 bits per heavy atom. The van der Waals surface area contributed by atoms with Gasteiger partial charge < -0.3 is 20.1 Å². The lowest BCUT2D eigenvalue weighted by Crippen LogP contribution is -2.43. The lowest BCUT2D eigenvalue weighted by molar-refractivity contribution is 0.440. The molecule has 0 radical (unpaired) electrons. The molecule has 3 aromatic heterocycles. The van der Waals surface area contributed by atoms with Gasteiger partial charge in [0.2, 0.25) is 5.95 Å². The number of rotatable bonds is 4. The summed E-state index contributed by atoms with van der Waals surface area (Å²) < 4.78 is 2.35. The van der Waals surface area contributed by atoms with Gasteiger partial charge in [-0.25, -0.2) is 19.9 Å². The molecule has 0 unspecified atom stereocenters. The molecule has 2 N–H and O–H groups in total. The van der Waals surface area contributed by atoms with Crippen LogP contribution in [-0.2, 0) is 11.8 Å². The van der Waals surface area contributed by atoms with Crippen LogP contribution < -0.4 is 15.5 Å². The first kappa shape index (κ1) is 20.9. The zero-order chi connectivity index (χ0) is 22.5. The van der Waals surface area contributed by atoms with Gasteiger partial charge in [-0.05, 0) is 44.9 Å². The fourth-order valence-corrected chi connectivity index (χ4v) is 5.03. The Bertz CT molecular complexity index is 1120. The van der Waals surface area contributed by atoms with Crippen LogP contribution in [0.1, 0.15) is 50.8 Å². The lowest BCUT2D eigenvalue weighted by Gasteiger charge is -2.33. The van der Waals surface area contributed by atoms with E-state index >= 15 is 0 Å². The summed E-state index contributed by atoms with van der Waals surface area (Å²) in [6.45, 7) is 15.1. The quantitative estimate of drug-likeness (QED) is 0.651. The second kappa shape index (κ2) is 7.85. The standard InChI is InChI=1S/C24H32N8/c1-15(2)32-16(3)28-21-20-17(12-24(4,5)22(21)32)13-27-23(30-20)29-19-7-6-18(14-26-19)31-10-8-25-9-11-31/h6-7,13-15,25H,8-12H2,1-5H3,(H,26,27,29,30). The number of aryl methyl sites for hydroxylation is 1. The van der Waals surface area contributed by atoms with Crippen molar-refractivity contribution in [3.05, 3.63) is 41.6 Å². The maximum Gasteiger partial charge on any atom is 0.228 e. The molecule has 0 saturated carbocycles. The molecule has 1 saturated heterocycles. The molecule has 0 aromatic carbocycles. The van der Waals surface area contributed by atoms with Crippen LogP contribution in [0.5, 0.6) is 0 Å². The molecule has 1 aliphatic carbocycles. The summed E-state index contributed by atoms with van der Waals surface area (Å²) in [5, 5.41) is 6.66. The topological polar surface area (TPSA) is 83.8 Å². The van der Waals surface area contributed by atoms with Gasteiger partial charge in [0, 0.05) is 43.8 Å². The molecule has 0 spiro atoms. The Hall–Kier alpha value is -3.00. The predicted molar refractivity (Wildman–Crippen MR) is 128 cm³/mol. The van der Waals surface area contributed by atoms with E-state index in [1.807, 2.05) is 18.5 Å². The van der Waals surface area contributed by atoms with E-state index < -0.39 is 0 Å². The van der Waals surface area contributed by atoms with Gasteiger partial charge in [-0.2, -0.15) is 0 Å². The number of hydrogen-bond acceptors (Lipinski definition) is 7. The van der Waals surface area contributed by atoms with Crippen molar-refractivity contribution in [2.45, 2.75) is 52.5 Å². The summed E-state index contributed by atoms with van der Waals surface area (Å²) in [5.41, 5.74) is 5.44. The van der Waals surface area contributed by atoms with Gasteiger partial charge in [0.25, 0.3) is 0 Å². The van der Waals surface area contributed by atoms with Crippen molar-refractivity contribution in [2.75, 3.05) is 36.4 Å². The first-order chi connectivity index (χ1) is 15.3. The number of imidazole rings is 1. The molecule has 3 aromatic rings. The van der Waals surface area contributed by atoms with Gasteiger partial charge in [0.1, 0.15) is 17.3 Å². The van der Waals surface area contributed by atoms with Crippen molar-refractivity contribution in [1.82, 2.24) is 29.8 Å². The second-order valence-electron chi connectivity index (χ2n) is 9.71. The smallest absolute Gasteiger partial charge is 0.228 e. The van der Waals surface area contributed by atoms with Crippen LogP contribution >= 0.6 is 0 Å². The highest BCUT2D eigenvalue weighted by atomic mass is 15.2. The number of nitrogens with zero attached hydrogens (tertiary/aromatic N) is 6. The molecule has 1 aliphatic heterocycles. The van der Waals surface area contributed by atoms with E-state index in [-0.39, 0.29) is 5.41 Å². The third-order valence-electron chi connectivity index (χ3n) is 6.44. The number of anilines is 3. The van der Waals surface area contributed by atoms with Crippen LogP contribution in [0.2, 0.25) is 0 Å². The molecule has 5 rings (SSSR count). The highest BCUT2D eigenvalue weighted by Crippen LogP contribution is 2.43. The maximum atomic E-state index is 4.94. The van der Waals surface area contributed by atoms with Crippen molar-refractivity contribution in [1.29, 1.82) is 0 Å². The Labute approximate surface area is 189 Å². The van der Waals surface area contributed by atoms with E-state index in [1.165, 1.54) is 5.69 Å². The number of hydrogen-bond donors (Lipinski definition) is 2. The molecule has 168 valence electrons. The predicted octanol–water partition coefficient (Wildman–Crippen LogP) is 3.61. The lowest BCUT2D eigenvalue weighted by atomic mass is 9.76. The number of pyridine rings is 1. The van der Waals surface area contributed by atoms with E-state index in [4.69, 9.17) is 9.97 Å². The molecule has 8 nitrogen and oxygen atoms in total. The van der Waals surface area contributed by atoms with Crippen LogP contribution in [0.4, 0.5) is 17.5 Å². The summed E-state index contributed by atoms with van der Waals surface area (Å²) in [4.78, 5) is 21.4. The van der Waals surface area contributed by atoms with Gasteiger partial charge in [-0.15, -0.1) is 0 Å². The van der Waals surface area contributed by atoms with Crippen LogP contribution in [0.3, 0.4) is 0 Å². The minimum atomic E-state index is -0.0203. The van der Waals surface area contributed by atoms with Crippen LogP contribution in [0, 0.1) is 6.92 Å². The van der Waals surface area contributed by atoms with E-state index in [0.717, 1.165) is 66.9 Å². The summed E-state index contributed by atoms with van der Waals surface area (Å²) >= 11 is 0. The molecule has 8 heteroatoms. The molecule has 2 aliphatic rings. The minimum absolute atomic E-state index is 0.0203. The summed E-state index contributed by atoms with van der Waals surface area (Å²) in [6.07, 6.45) is 4.75. The normalized spacial score (nSPS) is 17.2. The number of aromatic nitrogens is 5. The molecular formula is C24H32N8. The highest BCUT2D eigenvalue weighted by Gasteiger charge is 2.38. The van der Waals surface area contributed by atoms with Crippen LogP contribution in [0.15, 0.2) is 24.5 Å². The first-order valence-electron chi connectivity index (χ1n) is 11.5. The molecular weight excluding hydrogens is 400 g/mol. The highest BCUT2D eigenvalue weighted by molar-refractivity contribution is 5.69. The molecule has 0 atom stereocenters. The Morgan fingerprint density at radius 3 is 2.50 bits per heavy atom. The maximum absolute atomic E-state index is 4.94. The third-order valence-corrected chi connectivity index (χ3v) is 6.44. The van der Waals surface area contributed by atoms with Gasteiger partial charge in [-0.3, -0.25) is 0 Å². The van der Waals surface area contributed by atoms with E-state index in [1.54, 1.807) is 0 Å². The van der Waals surface area contributed by atoms with Crippen molar-refractivity contribution in [2.24, 2.45) is 0 Å². The minimum Gasteiger partial charge on any atom is -0.368 e. The Morgan fingerprint density at radius 1 is 1.03 bits per heavy atom. The van der Waals surface area contributed by atoms with Gasteiger partial charge in [0.15, 0.2) is 0 Å². The molecule has 0 bridgehead atoms. The summed E-state index contributed by atoms with van der Waals surface area (Å²) in [7, 11) is 0. The van der Waals surface area contributed by atoms with Gasteiger partial charge in [0.05, 0.1) is 23.3 Å². The van der Waals surface area contributed by atoms with Crippen molar-refractivity contribution in [3.63, 3.8) is 0 Å². The zero-order valence-electron chi connectivity index (χ0n) is 19.6. The summed E-state index contributed by atoms with van der Waals surface area (Å²) in [5.74, 6) is 2.32. The molecule has 32 heavy (non-hydrogen) atoms. The fraction of sp³-hybridized carbons (Fsp3) is 0.500. The SMILES string of the molecule is Cc1nc2c(n1C(C)C)C(C)(C)Cc1cnc(Nc3ccc(N4CCNCC4)cn3)nc1-2. The van der Waals surface area contributed by atoms with E-state index in [9.17, 15) is 0 Å². The first-order valence-corrected chi connectivity index (χ1v) is 11.5. The van der Waals surface area contributed by atoms with E-state index in [0.29, 0.717) is 12.0 Å². The van der Waals surface area contributed by atoms with Gasteiger partial charge >= 0.3 is 0 Å². The third kappa shape index (κ3) is 3.62. The van der Waals surface area contributed by atoms with Crippen LogP contribution in [0.25, 0.3) is 11.4 Å². The number of fused-ring (bicyclic) bond motifs is 3. The van der Waals surface area contributed by atoms with Gasteiger partial charge in [-0.1, -0.05) is 13.8 Å². The van der Waals surface area contributed by atoms with Crippen LogP contribution in [-0.4, -0.2) is 50.7 Å². The monoisotopic (exact) mass is 432 g/mol. The number of nitrogens with one attached hydrogen (secondary N) is 2. The number of piperazine rings is 1. The Kier molecular flexibility index (Phi) is 5.12.